The zero-order valence-electron chi connectivity index (χ0n) is 18.9. The summed E-state index contributed by atoms with van der Waals surface area (Å²) in [7, 11) is 1.41. The van der Waals surface area contributed by atoms with Gasteiger partial charge in [-0.3, -0.25) is 9.63 Å². The first-order valence-electron chi connectivity index (χ1n) is 11.0. The fourth-order valence-electron chi connectivity index (χ4n) is 4.07. The minimum Gasteiger partial charge on any atom is -0.338 e. The zero-order chi connectivity index (χ0) is 23.5. The molecule has 5 aromatic rings. The molecule has 0 saturated carbocycles. The molecule has 6 nitrogen and oxygen atoms in total. The van der Waals surface area contributed by atoms with Gasteiger partial charge in [-0.1, -0.05) is 84.0 Å². The number of rotatable bonds is 6. The predicted molar refractivity (Wildman–Crippen MR) is 131 cm³/mol. The molecule has 1 unspecified atom stereocenters. The number of fused-ring (bicyclic) bond motifs is 1. The van der Waals surface area contributed by atoms with Gasteiger partial charge in [-0.2, -0.15) is 4.98 Å². The van der Waals surface area contributed by atoms with E-state index in [1.54, 1.807) is 12.1 Å². The summed E-state index contributed by atoms with van der Waals surface area (Å²) in [5.74, 6) is 0.830. The van der Waals surface area contributed by atoms with Crippen molar-refractivity contribution in [3.05, 3.63) is 108 Å². The van der Waals surface area contributed by atoms with Crippen LogP contribution in [0.25, 0.3) is 33.3 Å². The van der Waals surface area contributed by atoms with Crippen LogP contribution in [0.3, 0.4) is 0 Å². The summed E-state index contributed by atoms with van der Waals surface area (Å²) < 4.78 is 5.65. The highest BCUT2D eigenvalue weighted by molar-refractivity contribution is 5.94. The van der Waals surface area contributed by atoms with Gasteiger partial charge in [0.2, 0.25) is 11.7 Å². The van der Waals surface area contributed by atoms with Crippen LogP contribution in [0.2, 0.25) is 0 Å². The van der Waals surface area contributed by atoms with Gasteiger partial charge in [0.15, 0.2) is 0 Å². The molecule has 1 N–H and O–H groups in total. The Morgan fingerprint density at radius 3 is 2.24 bits per heavy atom. The number of carbonyl (C=O) groups is 1. The number of hydroxylamine groups is 1. The van der Waals surface area contributed by atoms with Crippen molar-refractivity contribution >= 4 is 16.7 Å². The largest absolute Gasteiger partial charge is 0.338 e. The fourth-order valence-corrected chi connectivity index (χ4v) is 4.07. The molecular weight excluding hydrogens is 426 g/mol. The summed E-state index contributed by atoms with van der Waals surface area (Å²) in [6, 6.07) is 29.8. The molecule has 0 fully saturated rings. The van der Waals surface area contributed by atoms with E-state index in [4.69, 9.17) is 4.52 Å². The van der Waals surface area contributed by atoms with Gasteiger partial charge < -0.3 is 4.52 Å². The molecule has 1 atom stereocenters. The van der Waals surface area contributed by atoms with Crippen LogP contribution >= 0.6 is 0 Å². The molecule has 0 bridgehead atoms. The number of aromatic nitrogens is 2. The third kappa shape index (κ3) is 4.19. The van der Waals surface area contributed by atoms with Crippen LogP contribution in [0.1, 0.15) is 34.7 Å². The topological polar surface area (TPSA) is 77.2 Å². The molecule has 34 heavy (non-hydrogen) atoms. The van der Waals surface area contributed by atoms with Gasteiger partial charge in [0.05, 0.1) is 13.0 Å². The average Bonchev–Trinajstić information content (AvgIpc) is 3.39. The van der Waals surface area contributed by atoms with E-state index in [1.807, 2.05) is 48.5 Å². The monoisotopic (exact) mass is 449 g/mol. The summed E-state index contributed by atoms with van der Waals surface area (Å²) in [6.07, 6.45) is 0. The number of benzene rings is 4. The second-order valence-electron chi connectivity index (χ2n) is 8.04. The Bertz CT molecular complexity index is 1440. The van der Waals surface area contributed by atoms with Crippen molar-refractivity contribution in [1.29, 1.82) is 0 Å². The molecular formula is C28H23N3O3. The molecule has 168 valence electrons. The molecule has 0 radical (unpaired) electrons. The molecule has 0 aliphatic heterocycles. The summed E-state index contributed by atoms with van der Waals surface area (Å²) >= 11 is 0. The highest BCUT2D eigenvalue weighted by Crippen LogP contribution is 2.31. The fraction of sp³-hybridized carbons (Fsp3) is 0.107. The maximum atomic E-state index is 11.8. The standard InChI is InChI=1S/C28H23N3O3/c1-18(24-9-5-7-21-6-3-4-8-25(21)24)28-29-26(30-34-28)22-14-10-19(11-15-22)20-12-16-23(17-13-20)27(32)31-33-2/h3-18H,1-2H3,(H,31,32). The zero-order valence-corrected chi connectivity index (χ0v) is 18.9. The maximum Gasteiger partial charge on any atom is 0.274 e. The lowest BCUT2D eigenvalue weighted by molar-refractivity contribution is 0.0537. The SMILES string of the molecule is CONC(=O)c1ccc(-c2ccc(-c3noc(C(C)c4cccc5ccccc45)n3)cc2)cc1. The van der Waals surface area contributed by atoms with Gasteiger partial charge in [0, 0.05) is 11.1 Å². The Kier molecular flexibility index (Phi) is 5.89. The van der Waals surface area contributed by atoms with Gasteiger partial charge in [0.25, 0.3) is 5.91 Å². The quantitative estimate of drug-likeness (QED) is 0.322. The number of amides is 1. The minimum atomic E-state index is -0.282. The first-order valence-corrected chi connectivity index (χ1v) is 11.0. The Hall–Kier alpha value is -4.29. The normalized spacial score (nSPS) is 11.9. The minimum absolute atomic E-state index is 0.0274. The Morgan fingerprint density at radius 2 is 1.50 bits per heavy atom. The summed E-state index contributed by atoms with van der Waals surface area (Å²) in [6.45, 7) is 2.08. The van der Waals surface area contributed by atoms with Crippen LogP contribution in [-0.4, -0.2) is 23.2 Å². The molecule has 1 amide bonds. The van der Waals surface area contributed by atoms with E-state index < -0.39 is 0 Å². The molecule has 0 aliphatic rings. The highest BCUT2D eigenvalue weighted by Gasteiger charge is 2.19. The van der Waals surface area contributed by atoms with Crippen LogP contribution in [0, 0.1) is 0 Å². The van der Waals surface area contributed by atoms with E-state index in [2.05, 4.69) is 57.7 Å². The van der Waals surface area contributed by atoms with Crippen LogP contribution < -0.4 is 5.48 Å². The molecule has 0 spiro atoms. The van der Waals surface area contributed by atoms with Crippen LogP contribution in [0.5, 0.6) is 0 Å². The highest BCUT2D eigenvalue weighted by atomic mass is 16.6. The van der Waals surface area contributed by atoms with Crippen molar-refractivity contribution in [3.63, 3.8) is 0 Å². The number of nitrogens with one attached hydrogen (secondary N) is 1. The first-order chi connectivity index (χ1) is 16.6. The lowest BCUT2D eigenvalue weighted by atomic mass is 9.95. The van der Waals surface area contributed by atoms with Crippen molar-refractivity contribution in [1.82, 2.24) is 15.6 Å². The first kappa shape index (κ1) is 21.6. The van der Waals surface area contributed by atoms with Crippen molar-refractivity contribution in [2.24, 2.45) is 0 Å². The number of carbonyl (C=O) groups excluding carboxylic acids is 1. The third-order valence-corrected chi connectivity index (χ3v) is 5.92. The Morgan fingerprint density at radius 1 is 0.853 bits per heavy atom. The van der Waals surface area contributed by atoms with Crippen molar-refractivity contribution < 1.29 is 14.2 Å². The summed E-state index contributed by atoms with van der Waals surface area (Å²) in [5.41, 5.74) is 6.90. The van der Waals surface area contributed by atoms with Crippen LogP contribution in [0.4, 0.5) is 0 Å². The van der Waals surface area contributed by atoms with Crippen molar-refractivity contribution in [3.8, 4) is 22.5 Å². The molecule has 6 heteroatoms. The van der Waals surface area contributed by atoms with E-state index in [-0.39, 0.29) is 11.8 Å². The lowest BCUT2D eigenvalue weighted by Crippen LogP contribution is -2.21. The average molecular weight is 450 g/mol. The van der Waals surface area contributed by atoms with Crippen molar-refractivity contribution in [2.45, 2.75) is 12.8 Å². The van der Waals surface area contributed by atoms with Gasteiger partial charge in [0.1, 0.15) is 0 Å². The number of hydrogen-bond acceptors (Lipinski definition) is 5. The van der Waals surface area contributed by atoms with Crippen LogP contribution in [-0.2, 0) is 4.84 Å². The Balaban J connectivity index is 1.36. The second-order valence-corrected chi connectivity index (χ2v) is 8.04. The maximum absolute atomic E-state index is 11.8. The van der Waals surface area contributed by atoms with Gasteiger partial charge in [-0.25, -0.2) is 5.48 Å². The molecule has 5 rings (SSSR count). The third-order valence-electron chi connectivity index (χ3n) is 5.92. The molecule has 0 saturated heterocycles. The smallest absolute Gasteiger partial charge is 0.274 e. The number of nitrogens with zero attached hydrogens (tertiary/aromatic N) is 2. The van der Waals surface area contributed by atoms with E-state index >= 15 is 0 Å². The van der Waals surface area contributed by atoms with Crippen molar-refractivity contribution in [2.75, 3.05) is 7.11 Å². The Labute approximate surface area is 197 Å². The summed E-state index contributed by atoms with van der Waals surface area (Å²) in [5, 5.41) is 6.60. The predicted octanol–water partition coefficient (Wildman–Crippen LogP) is 6.00. The summed E-state index contributed by atoms with van der Waals surface area (Å²) in [4.78, 5) is 21.2. The molecule has 1 aromatic heterocycles. The van der Waals surface area contributed by atoms with Crippen LogP contribution in [0.15, 0.2) is 95.5 Å². The van der Waals surface area contributed by atoms with E-state index in [0.717, 1.165) is 22.3 Å². The molecule has 0 aliphatic carbocycles. The molecule has 1 heterocycles. The van der Waals surface area contributed by atoms with E-state index in [0.29, 0.717) is 17.3 Å². The van der Waals surface area contributed by atoms with Gasteiger partial charge in [-0.15, -0.1) is 0 Å². The number of hydrogen-bond donors (Lipinski definition) is 1. The van der Waals surface area contributed by atoms with Gasteiger partial charge >= 0.3 is 0 Å². The lowest BCUT2D eigenvalue weighted by Gasteiger charge is -2.10. The second kappa shape index (κ2) is 9.29. The van der Waals surface area contributed by atoms with Gasteiger partial charge in [-0.05, 0) is 46.5 Å². The van der Waals surface area contributed by atoms with E-state index in [1.165, 1.54) is 17.9 Å². The molecule has 4 aromatic carbocycles. The van der Waals surface area contributed by atoms with E-state index in [9.17, 15) is 4.79 Å².